The molecule has 2 atom stereocenters. The van der Waals surface area contributed by atoms with Gasteiger partial charge in [0, 0.05) is 12.2 Å². The second kappa shape index (κ2) is 6.91. The Balaban J connectivity index is 0.00000169. The van der Waals surface area contributed by atoms with Gasteiger partial charge >= 0.3 is 0 Å². The lowest BCUT2D eigenvalue weighted by molar-refractivity contribution is -0.128. The van der Waals surface area contributed by atoms with Crippen molar-refractivity contribution in [2.24, 2.45) is 11.3 Å². The average molecular weight is 348 g/mol. The van der Waals surface area contributed by atoms with Crippen molar-refractivity contribution in [2.45, 2.75) is 25.7 Å². The average Bonchev–Trinajstić information content (AvgIpc) is 3.25. The van der Waals surface area contributed by atoms with E-state index in [-0.39, 0.29) is 23.7 Å². The van der Waals surface area contributed by atoms with E-state index in [4.69, 9.17) is 0 Å². The number of halogens is 1. The van der Waals surface area contributed by atoms with Crippen molar-refractivity contribution in [3.8, 4) is 5.69 Å². The maximum absolute atomic E-state index is 12.9. The monoisotopic (exact) mass is 347 g/mol. The number of carbonyl (C=O) groups is 1. The second-order valence-corrected chi connectivity index (χ2v) is 6.55. The number of benzene rings is 1. The smallest absolute Gasteiger partial charge is 0.232 e. The fourth-order valence-corrected chi connectivity index (χ4v) is 3.97. The lowest BCUT2D eigenvalue weighted by Gasteiger charge is -2.37. The molecule has 0 spiro atoms. The Bertz CT molecular complexity index is 688. The zero-order valence-corrected chi connectivity index (χ0v) is 14.3. The van der Waals surface area contributed by atoms with Crippen molar-refractivity contribution in [1.29, 1.82) is 0 Å². The largest absolute Gasteiger partial charge is 0.326 e. The van der Waals surface area contributed by atoms with Crippen LogP contribution in [-0.4, -0.2) is 34.0 Å². The Morgan fingerprint density at radius 2 is 1.96 bits per heavy atom. The number of amides is 1. The van der Waals surface area contributed by atoms with Gasteiger partial charge in [-0.2, -0.15) is 15.0 Å². The van der Waals surface area contributed by atoms with E-state index in [9.17, 15) is 4.79 Å². The summed E-state index contributed by atoms with van der Waals surface area (Å²) >= 11 is 0. The number of nitrogens with one attached hydrogen (secondary N) is 2. The first-order valence-electron chi connectivity index (χ1n) is 8.27. The summed E-state index contributed by atoms with van der Waals surface area (Å²) in [4.78, 5) is 14.5. The Hall–Kier alpha value is -1.92. The van der Waals surface area contributed by atoms with E-state index in [1.54, 1.807) is 17.2 Å². The van der Waals surface area contributed by atoms with Gasteiger partial charge in [-0.1, -0.05) is 12.8 Å². The molecule has 1 amide bonds. The molecule has 2 aromatic rings. The van der Waals surface area contributed by atoms with Crippen LogP contribution in [-0.2, 0) is 4.79 Å². The molecule has 1 saturated heterocycles. The molecule has 2 heterocycles. The summed E-state index contributed by atoms with van der Waals surface area (Å²) in [5.41, 5.74) is 1.49. The Kier molecular flexibility index (Phi) is 4.87. The fourth-order valence-electron chi connectivity index (χ4n) is 3.97. The van der Waals surface area contributed by atoms with Crippen LogP contribution in [0.1, 0.15) is 25.7 Å². The molecule has 6 nitrogen and oxygen atoms in total. The van der Waals surface area contributed by atoms with Crippen LogP contribution in [0.25, 0.3) is 5.69 Å². The van der Waals surface area contributed by atoms with Crippen LogP contribution in [0.15, 0.2) is 36.7 Å². The Labute approximate surface area is 147 Å². The summed E-state index contributed by atoms with van der Waals surface area (Å²) in [7, 11) is 0. The number of carbonyl (C=O) groups excluding carboxylic acids is 1. The molecule has 1 aliphatic carbocycles. The predicted molar refractivity (Wildman–Crippen MR) is 94.5 cm³/mol. The zero-order valence-electron chi connectivity index (χ0n) is 13.4. The molecule has 2 fully saturated rings. The highest BCUT2D eigenvalue weighted by molar-refractivity contribution is 5.96. The summed E-state index contributed by atoms with van der Waals surface area (Å²) in [6.45, 7) is 1.77. The standard InChI is InChI=1S/C17H21N5O.ClH/c23-16(17-8-2-1-3-13(17)11-18-12-17)21-14-4-6-15(7-5-14)22-19-9-10-20-22;/h4-7,9-10,13,18H,1-3,8,11-12H2,(H,21,23);1H/t13-,17+;/m0./s1. The maximum atomic E-state index is 12.9. The predicted octanol–water partition coefficient (Wildman–Crippen LogP) is 2.41. The van der Waals surface area contributed by atoms with E-state index >= 15 is 0 Å². The molecule has 0 unspecified atom stereocenters. The van der Waals surface area contributed by atoms with Gasteiger partial charge in [-0.15, -0.1) is 12.4 Å². The van der Waals surface area contributed by atoms with E-state index in [0.29, 0.717) is 5.92 Å². The summed E-state index contributed by atoms with van der Waals surface area (Å²) in [6, 6.07) is 7.65. The number of anilines is 1. The van der Waals surface area contributed by atoms with Gasteiger partial charge in [0.15, 0.2) is 0 Å². The summed E-state index contributed by atoms with van der Waals surface area (Å²) < 4.78 is 0. The van der Waals surface area contributed by atoms with Crippen LogP contribution in [0, 0.1) is 11.3 Å². The topological polar surface area (TPSA) is 71.8 Å². The molecular weight excluding hydrogens is 326 g/mol. The molecule has 2 aliphatic rings. The van der Waals surface area contributed by atoms with Crippen molar-refractivity contribution in [2.75, 3.05) is 18.4 Å². The maximum Gasteiger partial charge on any atom is 0.232 e. The second-order valence-electron chi connectivity index (χ2n) is 6.55. The van der Waals surface area contributed by atoms with Gasteiger partial charge < -0.3 is 10.6 Å². The molecule has 1 aliphatic heterocycles. The number of hydrogen-bond donors (Lipinski definition) is 2. The van der Waals surface area contributed by atoms with Crippen molar-refractivity contribution < 1.29 is 4.79 Å². The molecule has 128 valence electrons. The van der Waals surface area contributed by atoms with Gasteiger partial charge in [-0.3, -0.25) is 4.79 Å². The molecule has 1 saturated carbocycles. The van der Waals surface area contributed by atoms with Gasteiger partial charge in [-0.25, -0.2) is 0 Å². The van der Waals surface area contributed by atoms with Gasteiger partial charge in [-0.05, 0) is 49.6 Å². The third-order valence-electron chi connectivity index (χ3n) is 5.27. The normalized spacial score (nSPS) is 25.6. The van der Waals surface area contributed by atoms with E-state index in [1.165, 1.54) is 6.42 Å². The van der Waals surface area contributed by atoms with Crippen LogP contribution >= 0.6 is 12.4 Å². The third kappa shape index (κ3) is 2.91. The molecule has 1 aromatic heterocycles. The highest BCUT2D eigenvalue weighted by atomic mass is 35.5. The van der Waals surface area contributed by atoms with E-state index in [1.807, 2.05) is 24.3 Å². The van der Waals surface area contributed by atoms with E-state index in [2.05, 4.69) is 20.8 Å². The van der Waals surface area contributed by atoms with Crippen molar-refractivity contribution in [3.05, 3.63) is 36.7 Å². The van der Waals surface area contributed by atoms with Gasteiger partial charge in [0.2, 0.25) is 5.91 Å². The highest BCUT2D eigenvalue weighted by Gasteiger charge is 2.49. The van der Waals surface area contributed by atoms with Gasteiger partial charge in [0.05, 0.1) is 23.5 Å². The van der Waals surface area contributed by atoms with Gasteiger partial charge in [0.25, 0.3) is 0 Å². The molecule has 2 N–H and O–H groups in total. The molecular formula is C17H22ClN5O. The first kappa shape index (κ1) is 16.9. The minimum absolute atomic E-state index is 0. The van der Waals surface area contributed by atoms with Crippen LogP contribution in [0.4, 0.5) is 5.69 Å². The van der Waals surface area contributed by atoms with Gasteiger partial charge in [0.1, 0.15) is 0 Å². The third-order valence-corrected chi connectivity index (χ3v) is 5.27. The first-order valence-corrected chi connectivity index (χ1v) is 8.27. The zero-order chi connectivity index (χ0) is 15.7. The quantitative estimate of drug-likeness (QED) is 0.894. The van der Waals surface area contributed by atoms with Crippen molar-refractivity contribution in [3.63, 3.8) is 0 Å². The fraction of sp³-hybridized carbons (Fsp3) is 0.471. The number of rotatable bonds is 3. The number of aromatic nitrogens is 3. The first-order chi connectivity index (χ1) is 11.3. The van der Waals surface area contributed by atoms with Crippen molar-refractivity contribution >= 4 is 24.0 Å². The molecule has 0 bridgehead atoms. The van der Waals surface area contributed by atoms with Crippen LogP contribution in [0.3, 0.4) is 0 Å². The molecule has 7 heteroatoms. The number of nitrogens with zero attached hydrogens (tertiary/aromatic N) is 3. The summed E-state index contributed by atoms with van der Waals surface area (Å²) in [5, 5.41) is 14.7. The molecule has 1 aromatic carbocycles. The van der Waals surface area contributed by atoms with Crippen LogP contribution in [0.2, 0.25) is 0 Å². The SMILES string of the molecule is Cl.O=C(Nc1ccc(-n2nccn2)cc1)[C@@]12CCCC[C@H]1CNC2. The number of fused-ring (bicyclic) bond motifs is 1. The Morgan fingerprint density at radius 1 is 1.21 bits per heavy atom. The van der Waals surface area contributed by atoms with E-state index < -0.39 is 0 Å². The lowest BCUT2D eigenvalue weighted by Crippen LogP contribution is -2.44. The van der Waals surface area contributed by atoms with Crippen LogP contribution in [0.5, 0.6) is 0 Å². The number of hydrogen-bond acceptors (Lipinski definition) is 4. The Morgan fingerprint density at radius 3 is 2.71 bits per heavy atom. The minimum Gasteiger partial charge on any atom is -0.326 e. The summed E-state index contributed by atoms with van der Waals surface area (Å²) in [5.74, 6) is 0.640. The van der Waals surface area contributed by atoms with E-state index in [0.717, 1.165) is 43.7 Å². The molecule has 24 heavy (non-hydrogen) atoms. The van der Waals surface area contributed by atoms with Crippen LogP contribution < -0.4 is 10.6 Å². The minimum atomic E-state index is -0.222. The molecule has 4 rings (SSSR count). The molecule has 0 radical (unpaired) electrons. The summed E-state index contributed by atoms with van der Waals surface area (Å²) in [6.07, 6.45) is 7.83. The van der Waals surface area contributed by atoms with Crippen molar-refractivity contribution in [1.82, 2.24) is 20.3 Å². The lowest BCUT2D eigenvalue weighted by atomic mass is 9.67. The highest BCUT2D eigenvalue weighted by Crippen LogP contribution is 2.44.